The van der Waals surface area contributed by atoms with Crippen LogP contribution in [0.25, 0.3) is 22.3 Å². The van der Waals surface area contributed by atoms with Gasteiger partial charge in [-0.05, 0) is 36.4 Å². The molecule has 4 rings (SSSR count). The van der Waals surface area contributed by atoms with Crippen molar-refractivity contribution in [2.24, 2.45) is 0 Å². The lowest BCUT2D eigenvalue weighted by Crippen LogP contribution is -1.97. The topological polar surface area (TPSA) is 62.8 Å². The second-order valence-corrected chi connectivity index (χ2v) is 5.61. The van der Waals surface area contributed by atoms with Gasteiger partial charge in [0.15, 0.2) is 5.65 Å². The fourth-order valence-electron chi connectivity index (χ4n) is 2.75. The van der Waals surface area contributed by atoms with E-state index in [-0.39, 0.29) is 5.69 Å². The van der Waals surface area contributed by atoms with E-state index in [1.165, 1.54) is 12.1 Å². The average molecular weight is 352 g/mol. The number of nitrogens with zero attached hydrogens (tertiary/aromatic N) is 2. The number of benzene rings is 2. The SMILES string of the molecule is COc1ccccc1-c1n[nH]c2nc(Nc3ccc(F)cc3F)ccc12. The first-order valence-corrected chi connectivity index (χ1v) is 7.86. The molecule has 0 aliphatic heterocycles. The van der Waals surface area contributed by atoms with Gasteiger partial charge in [-0.3, -0.25) is 5.10 Å². The molecule has 130 valence electrons. The molecule has 0 aliphatic rings. The number of aromatic amines is 1. The Hall–Kier alpha value is -3.48. The Morgan fingerprint density at radius 3 is 2.69 bits per heavy atom. The summed E-state index contributed by atoms with van der Waals surface area (Å²) in [7, 11) is 1.60. The van der Waals surface area contributed by atoms with Crippen molar-refractivity contribution in [1.82, 2.24) is 15.2 Å². The molecule has 0 radical (unpaired) electrons. The van der Waals surface area contributed by atoms with Gasteiger partial charge in [0.2, 0.25) is 0 Å². The Balaban J connectivity index is 1.71. The molecule has 0 unspecified atom stereocenters. The highest BCUT2D eigenvalue weighted by atomic mass is 19.1. The van der Waals surface area contributed by atoms with Crippen LogP contribution >= 0.6 is 0 Å². The van der Waals surface area contributed by atoms with Gasteiger partial charge in [0, 0.05) is 17.0 Å². The summed E-state index contributed by atoms with van der Waals surface area (Å²) in [6, 6.07) is 14.4. The Morgan fingerprint density at radius 1 is 1.04 bits per heavy atom. The average Bonchev–Trinajstić information content (AvgIpc) is 3.07. The number of hydrogen-bond donors (Lipinski definition) is 2. The number of H-pyrrole nitrogens is 1. The summed E-state index contributed by atoms with van der Waals surface area (Å²) in [4.78, 5) is 4.41. The molecule has 0 amide bonds. The van der Waals surface area contributed by atoms with Crippen LogP contribution in [0.3, 0.4) is 0 Å². The van der Waals surface area contributed by atoms with Crippen LogP contribution < -0.4 is 10.1 Å². The largest absolute Gasteiger partial charge is 0.496 e. The number of fused-ring (bicyclic) bond motifs is 1. The summed E-state index contributed by atoms with van der Waals surface area (Å²) in [5.74, 6) is -0.201. The lowest BCUT2D eigenvalue weighted by atomic mass is 10.1. The van der Waals surface area contributed by atoms with E-state index in [1.807, 2.05) is 30.3 Å². The lowest BCUT2D eigenvalue weighted by molar-refractivity contribution is 0.416. The van der Waals surface area contributed by atoms with Crippen molar-refractivity contribution in [3.63, 3.8) is 0 Å². The Kier molecular flexibility index (Phi) is 3.96. The maximum absolute atomic E-state index is 13.8. The number of para-hydroxylation sites is 1. The summed E-state index contributed by atoms with van der Waals surface area (Å²) in [6.45, 7) is 0. The first-order valence-electron chi connectivity index (χ1n) is 7.86. The molecule has 7 heteroatoms. The van der Waals surface area contributed by atoms with Crippen LogP contribution in [0, 0.1) is 11.6 Å². The first-order chi connectivity index (χ1) is 12.7. The van der Waals surface area contributed by atoms with Crippen LogP contribution in [0.2, 0.25) is 0 Å². The molecule has 0 saturated heterocycles. The molecule has 5 nitrogen and oxygen atoms in total. The van der Waals surface area contributed by atoms with E-state index >= 15 is 0 Å². The second-order valence-electron chi connectivity index (χ2n) is 5.61. The van der Waals surface area contributed by atoms with Crippen molar-refractivity contribution in [3.8, 4) is 17.0 Å². The fraction of sp³-hybridized carbons (Fsp3) is 0.0526. The molecule has 0 fully saturated rings. The molecule has 4 aromatic rings. The van der Waals surface area contributed by atoms with E-state index in [9.17, 15) is 8.78 Å². The van der Waals surface area contributed by atoms with Crippen molar-refractivity contribution in [2.45, 2.75) is 0 Å². The van der Waals surface area contributed by atoms with Crippen LogP contribution in [-0.4, -0.2) is 22.3 Å². The minimum Gasteiger partial charge on any atom is -0.496 e. The van der Waals surface area contributed by atoms with Gasteiger partial charge in [0.1, 0.15) is 28.9 Å². The zero-order chi connectivity index (χ0) is 18.1. The van der Waals surface area contributed by atoms with Gasteiger partial charge in [0.05, 0.1) is 12.8 Å². The number of rotatable bonds is 4. The van der Waals surface area contributed by atoms with Gasteiger partial charge in [-0.15, -0.1) is 0 Å². The van der Waals surface area contributed by atoms with Gasteiger partial charge >= 0.3 is 0 Å². The van der Waals surface area contributed by atoms with E-state index < -0.39 is 11.6 Å². The second kappa shape index (κ2) is 6.44. The molecule has 0 saturated carbocycles. The van der Waals surface area contributed by atoms with Crippen LogP contribution in [-0.2, 0) is 0 Å². The highest BCUT2D eigenvalue weighted by Crippen LogP contribution is 2.33. The third kappa shape index (κ3) is 2.83. The smallest absolute Gasteiger partial charge is 0.158 e. The summed E-state index contributed by atoms with van der Waals surface area (Å²) < 4.78 is 32.2. The van der Waals surface area contributed by atoms with E-state index in [0.717, 1.165) is 17.0 Å². The number of aromatic nitrogens is 3. The molecule has 0 aliphatic carbocycles. The summed E-state index contributed by atoms with van der Waals surface area (Å²) in [5, 5.41) is 10.9. The number of nitrogens with one attached hydrogen (secondary N) is 2. The van der Waals surface area contributed by atoms with Gasteiger partial charge < -0.3 is 10.1 Å². The van der Waals surface area contributed by atoms with Gasteiger partial charge in [-0.1, -0.05) is 12.1 Å². The number of halogens is 2. The van der Waals surface area contributed by atoms with Gasteiger partial charge in [-0.2, -0.15) is 5.10 Å². The minimum atomic E-state index is -0.689. The minimum absolute atomic E-state index is 0.141. The Bertz CT molecular complexity index is 1090. The molecule has 2 heterocycles. The molecular formula is C19H14F2N4O. The van der Waals surface area contributed by atoms with E-state index in [2.05, 4.69) is 20.5 Å². The molecule has 2 aromatic carbocycles. The standard InChI is InChI=1S/C19H14F2N4O/c1-26-16-5-3-2-4-12(16)18-13-7-9-17(23-19(13)25-24-18)22-15-8-6-11(20)10-14(15)21/h2-10H,1H3,(H2,22,23,24,25). The number of anilines is 2. The monoisotopic (exact) mass is 352 g/mol. The van der Waals surface area contributed by atoms with Crippen LogP contribution in [0.15, 0.2) is 54.6 Å². The molecule has 2 N–H and O–H groups in total. The molecule has 0 atom stereocenters. The molecule has 0 spiro atoms. The van der Waals surface area contributed by atoms with Crippen LogP contribution in [0.1, 0.15) is 0 Å². The van der Waals surface area contributed by atoms with Crippen molar-refractivity contribution in [1.29, 1.82) is 0 Å². The Labute approximate surface area is 147 Å². The van der Waals surface area contributed by atoms with Crippen molar-refractivity contribution in [3.05, 3.63) is 66.2 Å². The third-order valence-electron chi connectivity index (χ3n) is 3.98. The normalized spacial score (nSPS) is 10.9. The van der Waals surface area contributed by atoms with Crippen LogP contribution in [0.4, 0.5) is 20.3 Å². The predicted octanol–water partition coefficient (Wildman–Crippen LogP) is 4.66. The first kappa shape index (κ1) is 16.0. The van der Waals surface area contributed by atoms with Crippen molar-refractivity contribution < 1.29 is 13.5 Å². The highest BCUT2D eigenvalue weighted by molar-refractivity contribution is 5.93. The summed E-state index contributed by atoms with van der Waals surface area (Å²) >= 11 is 0. The van der Waals surface area contributed by atoms with Gasteiger partial charge in [-0.25, -0.2) is 13.8 Å². The third-order valence-corrected chi connectivity index (χ3v) is 3.98. The molecule has 2 aromatic heterocycles. The zero-order valence-electron chi connectivity index (χ0n) is 13.8. The zero-order valence-corrected chi connectivity index (χ0v) is 13.8. The summed E-state index contributed by atoms with van der Waals surface area (Å²) in [5.41, 5.74) is 2.24. The van der Waals surface area contributed by atoms with Gasteiger partial charge in [0.25, 0.3) is 0 Å². The quantitative estimate of drug-likeness (QED) is 0.561. The fourth-order valence-corrected chi connectivity index (χ4v) is 2.75. The molecular weight excluding hydrogens is 338 g/mol. The maximum Gasteiger partial charge on any atom is 0.158 e. The number of hydrogen-bond acceptors (Lipinski definition) is 4. The molecule has 0 bridgehead atoms. The van der Waals surface area contributed by atoms with E-state index in [1.54, 1.807) is 13.2 Å². The van der Waals surface area contributed by atoms with Crippen LogP contribution in [0.5, 0.6) is 5.75 Å². The van der Waals surface area contributed by atoms with E-state index in [0.29, 0.717) is 22.9 Å². The Morgan fingerprint density at radius 2 is 1.88 bits per heavy atom. The number of ether oxygens (including phenoxy) is 1. The molecule has 26 heavy (non-hydrogen) atoms. The maximum atomic E-state index is 13.8. The number of methoxy groups -OCH3 is 1. The predicted molar refractivity (Wildman–Crippen MR) is 95.5 cm³/mol. The summed E-state index contributed by atoms with van der Waals surface area (Å²) in [6.07, 6.45) is 0. The highest BCUT2D eigenvalue weighted by Gasteiger charge is 2.14. The van der Waals surface area contributed by atoms with Crippen molar-refractivity contribution >= 4 is 22.5 Å². The van der Waals surface area contributed by atoms with Crippen molar-refractivity contribution in [2.75, 3.05) is 12.4 Å². The number of pyridine rings is 1. The van der Waals surface area contributed by atoms with E-state index in [4.69, 9.17) is 4.74 Å². The lowest BCUT2D eigenvalue weighted by Gasteiger charge is -2.07.